The van der Waals surface area contributed by atoms with Crippen LogP contribution in [0.1, 0.15) is 42.1 Å². The Kier molecular flexibility index (Phi) is 6.43. The van der Waals surface area contributed by atoms with E-state index < -0.39 is 51.7 Å². The maximum absolute atomic E-state index is 12.2. The third-order valence-corrected chi connectivity index (χ3v) is 3.46. The molecule has 25 heavy (non-hydrogen) atoms. The topological polar surface area (TPSA) is 153 Å². The first-order chi connectivity index (χ1) is 11.6. The zero-order valence-corrected chi connectivity index (χ0v) is 13.7. The van der Waals surface area contributed by atoms with E-state index in [9.17, 15) is 34.7 Å². The van der Waals surface area contributed by atoms with Crippen LogP contribution in [0.5, 0.6) is 5.75 Å². The molecular formula is C15H17NO9. The Morgan fingerprint density at radius 2 is 1.88 bits per heavy atom. The maximum atomic E-state index is 12.2. The second kappa shape index (κ2) is 8.08. The van der Waals surface area contributed by atoms with Crippen LogP contribution in [-0.4, -0.2) is 46.3 Å². The highest BCUT2D eigenvalue weighted by molar-refractivity contribution is 6.04. The Hall–Kier alpha value is -3.17. The number of aliphatic carboxylic acids is 1. The monoisotopic (exact) mass is 355 g/mol. The van der Waals surface area contributed by atoms with Crippen LogP contribution in [0, 0.1) is 10.1 Å². The third-order valence-electron chi connectivity index (χ3n) is 3.46. The van der Waals surface area contributed by atoms with Gasteiger partial charge in [0.15, 0.2) is 11.7 Å². The lowest BCUT2D eigenvalue weighted by Crippen LogP contribution is -2.28. The minimum Gasteiger partial charge on any atom is -0.490 e. The molecule has 2 unspecified atom stereocenters. The van der Waals surface area contributed by atoms with Gasteiger partial charge < -0.3 is 19.7 Å². The molecular weight excluding hydrogens is 338 g/mol. The van der Waals surface area contributed by atoms with Crippen molar-refractivity contribution < 1.29 is 39.0 Å². The molecule has 0 amide bonds. The minimum atomic E-state index is -2.02. The van der Waals surface area contributed by atoms with Crippen molar-refractivity contribution >= 4 is 23.6 Å². The third kappa shape index (κ3) is 4.43. The van der Waals surface area contributed by atoms with Gasteiger partial charge in [-0.15, -0.1) is 0 Å². The number of aromatic carboxylic acids is 1. The molecule has 0 heterocycles. The zero-order chi connectivity index (χ0) is 19.3. The van der Waals surface area contributed by atoms with Crippen molar-refractivity contribution in [1.29, 1.82) is 0 Å². The van der Waals surface area contributed by atoms with Crippen LogP contribution in [0.25, 0.3) is 0 Å². The average Bonchev–Trinajstić information content (AvgIpc) is 2.53. The van der Waals surface area contributed by atoms with Crippen LogP contribution >= 0.6 is 0 Å². The van der Waals surface area contributed by atoms with Crippen molar-refractivity contribution in [2.24, 2.45) is 0 Å². The van der Waals surface area contributed by atoms with E-state index in [2.05, 4.69) is 0 Å². The summed E-state index contributed by atoms with van der Waals surface area (Å²) in [5.41, 5.74) is -1.82. The van der Waals surface area contributed by atoms with Gasteiger partial charge in [0, 0.05) is 12.1 Å². The molecule has 2 N–H and O–H groups in total. The number of carbonyl (C=O) groups is 3. The van der Waals surface area contributed by atoms with Crippen molar-refractivity contribution in [3.05, 3.63) is 33.4 Å². The Labute approximate surface area is 142 Å². The molecule has 1 rings (SSSR count). The first kappa shape index (κ1) is 19.9. The second-order valence-electron chi connectivity index (χ2n) is 5.10. The molecule has 0 aliphatic carbocycles. The fourth-order valence-corrected chi connectivity index (χ4v) is 2.03. The van der Waals surface area contributed by atoms with Crippen LogP contribution in [0.4, 0.5) is 5.69 Å². The molecule has 10 heteroatoms. The second-order valence-corrected chi connectivity index (χ2v) is 5.10. The summed E-state index contributed by atoms with van der Waals surface area (Å²) in [4.78, 5) is 45.4. The van der Waals surface area contributed by atoms with Crippen molar-refractivity contribution in [2.45, 2.75) is 32.3 Å². The van der Waals surface area contributed by atoms with E-state index in [0.717, 1.165) is 13.2 Å². The van der Waals surface area contributed by atoms with E-state index in [1.54, 1.807) is 6.92 Å². The number of nitro groups is 1. The van der Waals surface area contributed by atoms with Crippen LogP contribution in [-0.2, 0) is 14.3 Å². The predicted octanol–water partition coefficient (Wildman–Crippen LogP) is 1.81. The van der Waals surface area contributed by atoms with Gasteiger partial charge >= 0.3 is 23.6 Å². The lowest BCUT2D eigenvalue weighted by Gasteiger charge is -2.18. The number of esters is 1. The summed E-state index contributed by atoms with van der Waals surface area (Å²) in [6.45, 7) is 3.24. The summed E-state index contributed by atoms with van der Waals surface area (Å²) >= 11 is 0. The summed E-state index contributed by atoms with van der Waals surface area (Å²) < 4.78 is 9.72. The predicted molar refractivity (Wildman–Crippen MR) is 82.8 cm³/mol. The first-order valence-corrected chi connectivity index (χ1v) is 7.16. The Bertz CT molecular complexity index is 713. The van der Waals surface area contributed by atoms with Gasteiger partial charge in [-0.05, 0) is 18.9 Å². The highest BCUT2D eigenvalue weighted by Gasteiger charge is 2.36. The highest BCUT2D eigenvalue weighted by atomic mass is 16.6. The van der Waals surface area contributed by atoms with Crippen LogP contribution < -0.4 is 4.74 Å². The quantitative estimate of drug-likeness (QED) is 0.307. The molecule has 0 aromatic heterocycles. The standard InChI is InChI=1S/C15H17NO9/c1-4-7(2)25-15(21)12(14(19)20)8-5-10(16(22)23)11(24-3)6-9(8)13(17)18/h5-7,12H,4H2,1-3H3,(H,17,18)(H,19,20). The summed E-state index contributed by atoms with van der Waals surface area (Å²) in [6, 6.07) is 1.52. The zero-order valence-electron chi connectivity index (χ0n) is 13.7. The number of ether oxygens (including phenoxy) is 2. The summed E-state index contributed by atoms with van der Waals surface area (Å²) in [5, 5.41) is 29.8. The SMILES string of the molecule is CCC(C)OC(=O)C(C(=O)O)c1cc([N+](=O)[O-])c(OC)cc1C(=O)O. The molecule has 0 aliphatic heterocycles. The number of benzene rings is 1. The fraction of sp³-hybridized carbons (Fsp3) is 0.400. The van der Waals surface area contributed by atoms with E-state index in [1.165, 1.54) is 6.92 Å². The van der Waals surface area contributed by atoms with E-state index in [-0.39, 0.29) is 5.75 Å². The van der Waals surface area contributed by atoms with Gasteiger partial charge in [-0.25, -0.2) is 4.79 Å². The highest BCUT2D eigenvalue weighted by Crippen LogP contribution is 2.34. The maximum Gasteiger partial charge on any atom is 0.336 e. The molecule has 2 atom stereocenters. The molecule has 0 saturated carbocycles. The van der Waals surface area contributed by atoms with Crippen molar-refractivity contribution in [1.82, 2.24) is 0 Å². The van der Waals surface area contributed by atoms with Crippen LogP contribution in [0.15, 0.2) is 12.1 Å². The van der Waals surface area contributed by atoms with Crippen LogP contribution in [0.2, 0.25) is 0 Å². The summed E-state index contributed by atoms with van der Waals surface area (Å²) in [7, 11) is 1.10. The van der Waals surface area contributed by atoms with E-state index in [1.807, 2.05) is 0 Å². The Balaban J connectivity index is 3.59. The number of hydrogen-bond donors (Lipinski definition) is 2. The van der Waals surface area contributed by atoms with E-state index >= 15 is 0 Å². The molecule has 136 valence electrons. The van der Waals surface area contributed by atoms with E-state index in [0.29, 0.717) is 12.5 Å². The lowest BCUT2D eigenvalue weighted by atomic mass is 9.93. The van der Waals surface area contributed by atoms with Gasteiger partial charge in [0.05, 0.1) is 23.7 Å². The van der Waals surface area contributed by atoms with E-state index in [4.69, 9.17) is 9.47 Å². The average molecular weight is 355 g/mol. The van der Waals surface area contributed by atoms with Gasteiger partial charge in [-0.1, -0.05) is 6.92 Å². The normalized spacial score (nSPS) is 12.8. The number of methoxy groups -OCH3 is 1. The largest absolute Gasteiger partial charge is 0.490 e. The number of rotatable bonds is 8. The Morgan fingerprint density at radius 3 is 2.28 bits per heavy atom. The van der Waals surface area contributed by atoms with Crippen molar-refractivity contribution in [3.63, 3.8) is 0 Å². The molecule has 0 spiro atoms. The molecule has 1 aromatic carbocycles. The Morgan fingerprint density at radius 1 is 1.28 bits per heavy atom. The van der Waals surface area contributed by atoms with Gasteiger partial charge in [0.25, 0.3) is 0 Å². The molecule has 0 bridgehead atoms. The lowest BCUT2D eigenvalue weighted by molar-refractivity contribution is -0.385. The van der Waals surface area contributed by atoms with Crippen molar-refractivity contribution in [3.8, 4) is 5.75 Å². The number of nitro benzene ring substituents is 1. The fourth-order valence-electron chi connectivity index (χ4n) is 2.03. The number of carboxylic acid groups (broad SMARTS) is 2. The first-order valence-electron chi connectivity index (χ1n) is 7.16. The smallest absolute Gasteiger partial charge is 0.336 e. The van der Waals surface area contributed by atoms with Crippen LogP contribution in [0.3, 0.4) is 0 Å². The molecule has 1 aromatic rings. The van der Waals surface area contributed by atoms with Crippen molar-refractivity contribution in [2.75, 3.05) is 7.11 Å². The van der Waals surface area contributed by atoms with Gasteiger partial charge in [-0.3, -0.25) is 19.7 Å². The number of hydrogen-bond acceptors (Lipinski definition) is 7. The summed E-state index contributed by atoms with van der Waals surface area (Å²) in [6.07, 6.45) is -0.192. The molecule has 0 aliphatic rings. The molecule has 10 nitrogen and oxygen atoms in total. The van der Waals surface area contributed by atoms with Gasteiger partial charge in [0.1, 0.15) is 0 Å². The number of carbonyl (C=O) groups excluding carboxylic acids is 1. The van der Waals surface area contributed by atoms with Gasteiger partial charge in [0.2, 0.25) is 0 Å². The summed E-state index contributed by atoms with van der Waals surface area (Å²) in [5.74, 6) is -6.85. The minimum absolute atomic E-state index is 0.370. The molecule has 0 fully saturated rings. The number of nitrogens with zero attached hydrogens (tertiary/aromatic N) is 1. The molecule has 0 radical (unpaired) electrons. The molecule has 0 saturated heterocycles. The number of carboxylic acids is 2. The van der Waals surface area contributed by atoms with Gasteiger partial charge in [-0.2, -0.15) is 0 Å².